The van der Waals surface area contributed by atoms with Crippen molar-refractivity contribution in [1.82, 2.24) is 5.16 Å². The van der Waals surface area contributed by atoms with Crippen LogP contribution >= 0.6 is 0 Å². The molecular formula is C20H37NO3. The van der Waals surface area contributed by atoms with E-state index >= 15 is 0 Å². The molecule has 0 bridgehead atoms. The van der Waals surface area contributed by atoms with Gasteiger partial charge in [-0.05, 0) is 12.1 Å². The zero-order chi connectivity index (χ0) is 19.1. The third-order valence-corrected chi connectivity index (χ3v) is 1.98. The summed E-state index contributed by atoms with van der Waals surface area (Å²) in [5.41, 5.74) is 0.791. The van der Waals surface area contributed by atoms with Gasteiger partial charge in [0.15, 0.2) is 0 Å². The van der Waals surface area contributed by atoms with Gasteiger partial charge in [0.05, 0.1) is 13.2 Å². The number of nitrogens with zero attached hydrogens (tertiary/aromatic N) is 1. The molecule has 1 heterocycles. The molecule has 0 unspecified atom stereocenters. The zero-order valence-corrected chi connectivity index (χ0v) is 16.8. The number of para-hydroxylation sites is 1. The molecule has 0 aliphatic heterocycles. The van der Waals surface area contributed by atoms with Crippen molar-refractivity contribution in [3.63, 3.8) is 0 Å². The van der Waals surface area contributed by atoms with Crippen LogP contribution in [0.3, 0.4) is 0 Å². The zero-order valence-electron chi connectivity index (χ0n) is 16.8. The summed E-state index contributed by atoms with van der Waals surface area (Å²) in [6.07, 6.45) is 1.53. The van der Waals surface area contributed by atoms with Gasteiger partial charge in [-0.15, -0.1) is 0 Å². The highest BCUT2D eigenvalue weighted by Crippen LogP contribution is 2.07. The first-order chi connectivity index (χ1) is 11.9. The van der Waals surface area contributed by atoms with Gasteiger partial charge >= 0.3 is 0 Å². The van der Waals surface area contributed by atoms with Gasteiger partial charge in [0.2, 0.25) is 0 Å². The molecule has 2 aromatic rings. The molecule has 0 amide bonds. The van der Waals surface area contributed by atoms with Gasteiger partial charge < -0.3 is 14.0 Å². The predicted octanol–water partition coefficient (Wildman–Crippen LogP) is 6.38. The molecular weight excluding hydrogens is 302 g/mol. The molecule has 0 saturated carbocycles. The highest BCUT2D eigenvalue weighted by Gasteiger charge is 1.96. The summed E-state index contributed by atoms with van der Waals surface area (Å²) in [7, 11) is 0. The van der Waals surface area contributed by atoms with Crippen LogP contribution in [0.4, 0.5) is 0 Å². The van der Waals surface area contributed by atoms with Gasteiger partial charge in [-0.3, -0.25) is 0 Å². The standard InChI is InChI=1S/C12H13NO3.4C2H6/c1-2-4-12(5-3-1)15-9-8-14-10-11-6-7-16-13-11;4*1-2/h1-7H,8-10H2;4*1-2H3. The van der Waals surface area contributed by atoms with Crippen molar-refractivity contribution in [2.45, 2.75) is 62.0 Å². The van der Waals surface area contributed by atoms with Gasteiger partial charge in [0, 0.05) is 6.07 Å². The Balaban J connectivity index is -0.000000484. The van der Waals surface area contributed by atoms with E-state index in [4.69, 9.17) is 9.47 Å². The number of hydrogen-bond donors (Lipinski definition) is 0. The van der Waals surface area contributed by atoms with E-state index in [0.717, 1.165) is 11.4 Å². The Kier molecular flexibility index (Phi) is 29.4. The number of benzene rings is 1. The van der Waals surface area contributed by atoms with E-state index in [1.165, 1.54) is 6.26 Å². The molecule has 4 heteroatoms. The molecule has 0 radical (unpaired) electrons. The van der Waals surface area contributed by atoms with E-state index < -0.39 is 0 Å². The molecule has 0 spiro atoms. The van der Waals surface area contributed by atoms with Crippen molar-refractivity contribution in [1.29, 1.82) is 0 Å². The van der Waals surface area contributed by atoms with E-state index in [1.807, 2.05) is 85.7 Å². The van der Waals surface area contributed by atoms with Gasteiger partial charge in [-0.25, -0.2) is 0 Å². The van der Waals surface area contributed by atoms with Crippen molar-refractivity contribution in [2.24, 2.45) is 0 Å². The largest absolute Gasteiger partial charge is 0.491 e. The van der Waals surface area contributed by atoms with E-state index in [2.05, 4.69) is 9.68 Å². The van der Waals surface area contributed by atoms with Crippen LogP contribution in [0, 0.1) is 0 Å². The van der Waals surface area contributed by atoms with Gasteiger partial charge in [-0.1, -0.05) is 78.7 Å². The second kappa shape index (κ2) is 26.1. The summed E-state index contributed by atoms with van der Waals surface area (Å²) in [5.74, 6) is 0.854. The fourth-order valence-corrected chi connectivity index (χ4v) is 1.22. The molecule has 0 N–H and O–H groups in total. The van der Waals surface area contributed by atoms with E-state index in [-0.39, 0.29) is 0 Å². The summed E-state index contributed by atoms with van der Waals surface area (Å²) in [4.78, 5) is 0. The van der Waals surface area contributed by atoms with Crippen LogP contribution in [-0.2, 0) is 11.3 Å². The number of aromatic nitrogens is 1. The minimum absolute atomic E-state index is 0.453. The Labute approximate surface area is 149 Å². The third kappa shape index (κ3) is 16.6. The lowest BCUT2D eigenvalue weighted by molar-refractivity contribution is 0.0853. The average molecular weight is 340 g/mol. The molecule has 0 saturated heterocycles. The molecule has 0 fully saturated rings. The van der Waals surface area contributed by atoms with Crippen LogP contribution in [-0.4, -0.2) is 18.4 Å². The van der Waals surface area contributed by atoms with Crippen LogP contribution in [0.5, 0.6) is 5.75 Å². The number of ether oxygens (including phenoxy) is 2. The first-order valence-electron chi connectivity index (χ1n) is 9.10. The van der Waals surface area contributed by atoms with Crippen LogP contribution < -0.4 is 4.74 Å². The smallest absolute Gasteiger partial charge is 0.124 e. The van der Waals surface area contributed by atoms with Crippen molar-refractivity contribution >= 4 is 0 Å². The van der Waals surface area contributed by atoms with Gasteiger partial charge in [0.25, 0.3) is 0 Å². The normalized spacial score (nSPS) is 7.83. The van der Waals surface area contributed by atoms with E-state index in [1.54, 1.807) is 6.07 Å². The maximum absolute atomic E-state index is 5.46. The number of hydrogen-bond acceptors (Lipinski definition) is 4. The molecule has 2 rings (SSSR count). The van der Waals surface area contributed by atoms with Gasteiger partial charge in [-0.2, -0.15) is 0 Å². The summed E-state index contributed by atoms with van der Waals surface area (Å²) in [6, 6.07) is 11.4. The van der Waals surface area contributed by atoms with Crippen molar-refractivity contribution < 1.29 is 14.0 Å². The van der Waals surface area contributed by atoms with Crippen molar-refractivity contribution in [3.05, 3.63) is 48.4 Å². The van der Waals surface area contributed by atoms with E-state index in [0.29, 0.717) is 19.8 Å². The maximum Gasteiger partial charge on any atom is 0.124 e. The van der Waals surface area contributed by atoms with Crippen LogP contribution in [0.1, 0.15) is 61.1 Å². The Morgan fingerprint density at radius 2 is 1.38 bits per heavy atom. The SMILES string of the molecule is CC.CC.CC.CC.c1ccc(OCCOCc2ccon2)cc1. The summed E-state index contributed by atoms with van der Waals surface area (Å²) in [5, 5.41) is 3.73. The Morgan fingerprint density at radius 3 is 1.88 bits per heavy atom. The van der Waals surface area contributed by atoms with Crippen LogP contribution in [0.2, 0.25) is 0 Å². The fourth-order valence-electron chi connectivity index (χ4n) is 1.22. The second-order valence-electron chi connectivity index (χ2n) is 3.20. The number of rotatable bonds is 6. The molecule has 1 aromatic heterocycles. The highest BCUT2D eigenvalue weighted by atomic mass is 16.5. The third-order valence-electron chi connectivity index (χ3n) is 1.98. The molecule has 1 aromatic carbocycles. The summed E-state index contributed by atoms with van der Waals surface area (Å²) in [6.45, 7) is 17.5. The quantitative estimate of drug-likeness (QED) is 0.573. The molecule has 24 heavy (non-hydrogen) atoms. The van der Waals surface area contributed by atoms with Crippen molar-refractivity contribution in [3.8, 4) is 5.75 Å². The predicted molar refractivity (Wildman–Crippen MR) is 103 cm³/mol. The summed E-state index contributed by atoms with van der Waals surface area (Å²) >= 11 is 0. The lowest BCUT2D eigenvalue weighted by atomic mass is 10.3. The minimum atomic E-state index is 0.453. The monoisotopic (exact) mass is 339 g/mol. The fraction of sp³-hybridized carbons (Fsp3) is 0.550. The van der Waals surface area contributed by atoms with Gasteiger partial charge in [0.1, 0.15) is 24.3 Å². The average Bonchev–Trinajstić information content (AvgIpc) is 3.22. The van der Waals surface area contributed by atoms with Crippen LogP contribution in [0.15, 0.2) is 47.2 Å². The molecule has 0 aliphatic rings. The topological polar surface area (TPSA) is 44.5 Å². The minimum Gasteiger partial charge on any atom is -0.491 e. The maximum atomic E-state index is 5.46. The molecule has 140 valence electrons. The second-order valence-corrected chi connectivity index (χ2v) is 3.20. The summed E-state index contributed by atoms with van der Waals surface area (Å²) < 4.78 is 15.5. The first kappa shape index (κ1) is 27.1. The lowest BCUT2D eigenvalue weighted by Gasteiger charge is -2.05. The van der Waals surface area contributed by atoms with E-state index in [9.17, 15) is 0 Å². The Hall–Kier alpha value is -1.81. The molecule has 0 aliphatic carbocycles. The van der Waals surface area contributed by atoms with Crippen LogP contribution in [0.25, 0.3) is 0 Å². The lowest BCUT2D eigenvalue weighted by Crippen LogP contribution is -2.06. The van der Waals surface area contributed by atoms with Crippen molar-refractivity contribution in [2.75, 3.05) is 13.2 Å². The molecule has 0 atom stereocenters. The first-order valence-corrected chi connectivity index (χ1v) is 9.10. The molecule has 4 nitrogen and oxygen atoms in total. The Bertz CT molecular complexity index is 389. The Morgan fingerprint density at radius 1 is 0.792 bits per heavy atom. The highest BCUT2D eigenvalue weighted by molar-refractivity contribution is 5.20.